The molecule has 0 spiro atoms. The number of aryl methyl sites for hydroxylation is 1. The number of carbonyl (C=O) groups excluding carboxylic acids is 2. The van der Waals surface area contributed by atoms with Gasteiger partial charge in [0.2, 0.25) is 0 Å². The number of Topliss-reactive ketones (excluding diaryl/α,β-unsaturated/α-hetero) is 1. The Labute approximate surface area is 142 Å². The van der Waals surface area contributed by atoms with E-state index in [0.29, 0.717) is 13.1 Å². The van der Waals surface area contributed by atoms with Gasteiger partial charge in [0.1, 0.15) is 0 Å². The molecular formula is C20H22N2O2. The van der Waals surface area contributed by atoms with Gasteiger partial charge in [-0.05, 0) is 31.9 Å². The minimum absolute atomic E-state index is 0.00785. The average Bonchev–Trinajstić information content (AvgIpc) is 2.63. The van der Waals surface area contributed by atoms with Crippen molar-refractivity contribution in [3.63, 3.8) is 0 Å². The van der Waals surface area contributed by atoms with Crippen LogP contribution < -0.4 is 5.32 Å². The van der Waals surface area contributed by atoms with Crippen LogP contribution in [-0.2, 0) is 0 Å². The summed E-state index contributed by atoms with van der Waals surface area (Å²) in [6, 6.07) is 17.1. The van der Waals surface area contributed by atoms with Crippen molar-refractivity contribution < 1.29 is 9.59 Å². The fourth-order valence-electron chi connectivity index (χ4n) is 3.02. The standard InChI is InChI=1S/C20H22N2O2/c1-15-7-9-16(10-8-15)19(23)17-11-13-22(14-12-17)20(24)21-18-5-3-2-4-6-18/h2-10,17H,11-14H2,1H3,(H,21,24). The number of hydrogen-bond acceptors (Lipinski definition) is 2. The second-order valence-electron chi connectivity index (χ2n) is 6.29. The summed E-state index contributed by atoms with van der Waals surface area (Å²) in [5.74, 6) is 0.201. The molecular weight excluding hydrogens is 300 g/mol. The zero-order valence-electron chi connectivity index (χ0n) is 13.9. The highest BCUT2D eigenvalue weighted by Gasteiger charge is 2.27. The first kappa shape index (κ1) is 16.2. The monoisotopic (exact) mass is 322 g/mol. The number of likely N-dealkylation sites (tertiary alicyclic amines) is 1. The highest BCUT2D eigenvalue weighted by Crippen LogP contribution is 2.22. The Morgan fingerprint density at radius 1 is 0.958 bits per heavy atom. The van der Waals surface area contributed by atoms with E-state index in [1.165, 1.54) is 0 Å². The van der Waals surface area contributed by atoms with Gasteiger partial charge in [0.25, 0.3) is 0 Å². The molecule has 0 aromatic heterocycles. The van der Waals surface area contributed by atoms with Gasteiger partial charge in [-0.3, -0.25) is 4.79 Å². The summed E-state index contributed by atoms with van der Waals surface area (Å²) in [5, 5.41) is 2.90. The second kappa shape index (κ2) is 7.30. The van der Waals surface area contributed by atoms with Crippen LogP contribution >= 0.6 is 0 Å². The van der Waals surface area contributed by atoms with Gasteiger partial charge in [0.15, 0.2) is 5.78 Å². The maximum absolute atomic E-state index is 12.6. The van der Waals surface area contributed by atoms with Gasteiger partial charge in [-0.25, -0.2) is 4.79 Å². The zero-order chi connectivity index (χ0) is 16.9. The highest BCUT2D eigenvalue weighted by molar-refractivity contribution is 5.98. The molecule has 0 aliphatic carbocycles. The van der Waals surface area contributed by atoms with Gasteiger partial charge >= 0.3 is 6.03 Å². The molecule has 2 amide bonds. The number of nitrogens with one attached hydrogen (secondary N) is 1. The molecule has 2 aromatic carbocycles. The SMILES string of the molecule is Cc1ccc(C(=O)C2CCN(C(=O)Nc3ccccc3)CC2)cc1. The number of para-hydroxylation sites is 1. The molecule has 4 nitrogen and oxygen atoms in total. The molecule has 1 aliphatic heterocycles. The van der Waals surface area contributed by atoms with Crippen molar-refractivity contribution in [1.82, 2.24) is 4.90 Å². The summed E-state index contributed by atoms with van der Waals surface area (Å²) in [7, 11) is 0. The Balaban J connectivity index is 1.54. The minimum atomic E-state index is -0.0950. The van der Waals surface area contributed by atoms with Crippen LogP contribution in [-0.4, -0.2) is 29.8 Å². The van der Waals surface area contributed by atoms with E-state index < -0.39 is 0 Å². The Morgan fingerprint density at radius 3 is 2.21 bits per heavy atom. The van der Waals surface area contributed by atoms with Crippen LogP contribution in [0.2, 0.25) is 0 Å². The molecule has 0 radical (unpaired) electrons. The number of carbonyl (C=O) groups is 2. The molecule has 1 aliphatic rings. The predicted octanol–water partition coefficient (Wildman–Crippen LogP) is 4.12. The fraction of sp³-hybridized carbons (Fsp3) is 0.300. The van der Waals surface area contributed by atoms with E-state index >= 15 is 0 Å². The average molecular weight is 322 g/mol. The lowest BCUT2D eigenvalue weighted by Gasteiger charge is -2.31. The molecule has 0 bridgehead atoms. The summed E-state index contributed by atoms with van der Waals surface area (Å²) in [4.78, 5) is 26.6. The Morgan fingerprint density at radius 2 is 1.58 bits per heavy atom. The number of rotatable bonds is 3. The van der Waals surface area contributed by atoms with Crippen LogP contribution in [0.1, 0.15) is 28.8 Å². The molecule has 0 unspecified atom stereocenters. The Kier molecular flexibility index (Phi) is 4.94. The topological polar surface area (TPSA) is 49.4 Å². The lowest BCUT2D eigenvalue weighted by Crippen LogP contribution is -2.42. The lowest BCUT2D eigenvalue weighted by molar-refractivity contribution is 0.0859. The number of ketones is 1. The van der Waals surface area contributed by atoms with Crippen LogP contribution in [0.25, 0.3) is 0 Å². The normalized spacial score (nSPS) is 15.1. The molecule has 1 saturated heterocycles. The van der Waals surface area contributed by atoms with E-state index in [0.717, 1.165) is 29.7 Å². The van der Waals surface area contributed by atoms with Crippen molar-refractivity contribution in [2.45, 2.75) is 19.8 Å². The molecule has 24 heavy (non-hydrogen) atoms. The summed E-state index contributed by atoms with van der Waals surface area (Å²) in [6.45, 7) is 3.24. The van der Waals surface area contributed by atoms with Gasteiger partial charge in [-0.2, -0.15) is 0 Å². The van der Waals surface area contributed by atoms with E-state index in [2.05, 4.69) is 5.32 Å². The summed E-state index contributed by atoms with van der Waals surface area (Å²) < 4.78 is 0. The smallest absolute Gasteiger partial charge is 0.321 e. The molecule has 124 valence electrons. The van der Waals surface area contributed by atoms with Gasteiger partial charge in [-0.15, -0.1) is 0 Å². The highest BCUT2D eigenvalue weighted by atomic mass is 16.2. The maximum Gasteiger partial charge on any atom is 0.321 e. The van der Waals surface area contributed by atoms with E-state index in [1.807, 2.05) is 61.5 Å². The van der Waals surface area contributed by atoms with Crippen molar-refractivity contribution in [3.8, 4) is 0 Å². The van der Waals surface area contributed by atoms with Crippen molar-refractivity contribution >= 4 is 17.5 Å². The molecule has 4 heteroatoms. The summed E-state index contributed by atoms with van der Waals surface area (Å²) >= 11 is 0. The predicted molar refractivity (Wildman–Crippen MR) is 95.3 cm³/mol. The van der Waals surface area contributed by atoms with Gasteiger partial charge in [0, 0.05) is 30.3 Å². The molecule has 2 aromatic rings. The number of benzene rings is 2. The number of amides is 2. The molecule has 1 fully saturated rings. The summed E-state index contributed by atoms with van der Waals surface area (Å²) in [5.41, 5.74) is 2.71. The lowest BCUT2D eigenvalue weighted by atomic mass is 9.89. The largest absolute Gasteiger partial charge is 0.324 e. The number of hydrogen-bond donors (Lipinski definition) is 1. The minimum Gasteiger partial charge on any atom is -0.324 e. The summed E-state index contributed by atoms with van der Waals surface area (Å²) in [6.07, 6.45) is 1.43. The Bertz CT molecular complexity index is 702. The molecule has 3 rings (SSSR count). The third kappa shape index (κ3) is 3.82. The third-order valence-corrected chi connectivity index (χ3v) is 4.51. The molecule has 1 N–H and O–H groups in total. The third-order valence-electron chi connectivity index (χ3n) is 4.51. The Hall–Kier alpha value is -2.62. The molecule has 0 saturated carbocycles. The van der Waals surface area contributed by atoms with E-state index in [1.54, 1.807) is 4.90 Å². The number of piperidine rings is 1. The first-order valence-electron chi connectivity index (χ1n) is 8.35. The second-order valence-corrected chi connectivity index (χ2v) is 6.29. The zero-order valence-corrected chi connectivity index (χ0v) is 13.9. The number of nitrogens with zero attached hydrogens (tertiary/aromatic N) is 1. The number of urea groups is 1. The van der Waals surface area contributed by atoms with E-state index in [-0.39, 0.29) is 17.7 Å². The first-order valence-corrected chi connectivity index (χ1v) is 8.35. The van der Waals surface area contributed by atoms with Crippen LogP contribution in [0, 0.1) is 12.8 Å². The quantitative estimate of drug-likeness (QED) is 0.864. The van der Waals surface area contributed by atoms with Crippen molar-refractivity contribution in [3.05, 3.63) is 65.7 Å². The van der Waals surface area contributed by atoms with Crippen LogP contribution in [0.3, 0.4) is 0 Å². The van der Waals surface area contributed by atoms with Gasteiger partial charge in [0.05, 0.1) is 0 Å². The van der Waals surface area contributed by atoms with E-state index in [4.69, 9.17) is 0 Å². The van der Waals surface area contributed by atoms with Gasteiger partial charge < -0.3 is 10.2 Å². The number of anilines is 1. The first-order chi connectivity index (χ1) is 11.6. The van der Waals surface area contributed by atoms with Crippen LogP contribution in [0.4, 0.5) is 10.5 Å². The van der Waals surface area contributed by atoms with Crippen molar-refractivity contribution in [2.75, 3.05) is 18.4 Å². The van der Waals surface area contributed by atoms with Crippen molar-refractivity contribution in [2.24, 2.45) is 5.92 Å². The van der Waals surface area contributed by atoms with Gasteiger partial charge in [-0.1, -0.05) is 48.0 Å². The van der Waals surface area contributed by atoms with Crippen LogP contribution in [0.5, 0.6) is 0 Å². The van der Waals surface area contributed by atoms with Crippen molar-refractivity contribution in [1.29, 1.82) is 0 Å². The molecule has 1 heterocycles. The van der Waals surface area contributed by atoms with E-state index in [9.17, 15) is 9.59 Å². The fourth-order valence-corrected chi connectivity index (χ4v) is 3.02. The van der Waals surface area contributed by atoms with Crippen LogP contribution in [0.15, 0.2) is 54.6 Å². The maximum atomic E-state index is 12.6. The molecule has 0 atom stereocenters.